The number of carbonyl (C=O) groups excluding carboxylic acids is 1. The third kappa shape index (κ3) is 2.57. The Balaban J connectivity index is 1.84. The van der Waals surface area contributed by atoms with E-state index < -0.39 is 0 Å². The predicted octanol–water partition coefficient (Wildman–Crippen LogP) is 1.98. The molecule has 0 spiro atoms. The van der Waals surface area contributed by atoms with Crippen molar-refractivity contribution in [2.45, 2.75) is 58.7 Å². The first-order valence-corrected chi connectivity index (χ1v) is 6.66. The van der Waals surface area contributed by atoms with E-state index in [0.29, 0.717) is 5.92 Å². The van der Waals surface area contributed by atoms with Crippen LogP contribution in [0.15, 0.2) is 0 Å². The summed E-state index contributed by atoms with van der Waals surface area (Å²) in [4.78, 5) is 14.0. The summed E-state index contributed by atoms with van der Waals surface area (Å²) in [7, 11) is 0. The van der Waals surface area contributed by atoms with E-state index in [1.807, 2.05) is 6.92 Å². The average molecular weight is 224 g/mol. The molecule has 1 N–H and O–H groups in total. The van der Waals surface area contributed by atoms with Crippen molar-refractivity contribution in [2.75, 3.05) is 6.54 Å². The zero-order valence-corrected chi connectivity index (χ0v) is 10.7. The minimum atomic E-state index is 0.00771. The fourth-order valence-corrected chi connectivity index (χ4v) is 2.56. The lowest BCUT2D eigenvalue weighted by Gasteiger charge is -2.27. The van der Waals surface area contributed by atoms with Gasteiger partial charge in [0.05, 0.1) is 12.2 Å². The molecule has 0 aromatic carbocycles. The maximum atomic E-state index is 12.0. The highest BCUT2D eigenvalue weighted by molar-refractivity contribution is 5.83. The molecule has 3 nitrogen and oxygen atoms in total. The van der Waals surface area contributed by atoms with Crippen LogP contribution in [0.25, 0.3) is 0 Å². The lowest BCUT2D eigenvalue weighted by Crippen LogP contribution is -2.41. The summed E-state index contributed by atoms with van der Waals surface area (Å²) in [6, 6.07) is 0.00771. The number of hydrogen-bond donors (Lipinski definition) is 1. The standard InChI is InChI=1S/C13H24N2O/c1-9(2)12-14-10(3)13(16)15(12)8-4-5-11-6-7-11/h9-12,14H,4-8H2,1-3H3. The second-order valence-corrected chi connectivity index (χ2v) is 5.69. The van der Waals surface area contributed by atoms with Gasteiger partial charge in [0.25, 0.3) is 0 Å². The summed E-state index contributed by atoms with van der Waals surface area (Å²) in [5.41, 5.74) is 0. The van der Waals surface area contributed by atoms with E-state index in [1.54, 1.807) is 0 Å². The van der Waals surface area contributed by atoms with Crippen LogP contribution in [0.5, 0.6) is 0 Å². The smallest absolute Gasteiger partial charge is 0.240 e. The van der Waals surface area contributed by atoms with Gasteiger partial charge in [0.1, 0.15) is 0 Å². The molecule has 1 saturated heterocycles. The molecule has 2 fully saturated rings. The van der Waals surface area contributed by atoms with Crippen LogP contribution in [-0.4, -0.2) is 29.6 Å². The van der Waals surface area contributed by atoms with Crippen molar-refractivity contribution in [3.05, 3.63) is 0 Å². The van der Waals surface area contributed by atoms with Crippen molar-refractivity contribution < 1.29 is 4.79 Å². The Morgan fingerprint density at radius 2 is 2.12 bits per heavy atom. The fraction of sp³-hybridized carbons (Fsp3) is 0.923. The summed E-state index contributed by atoms with van der Waals surface area (Å²) in [5, 5.41) is 3.38. The first kappa shape index (κ1) is 11.9. The Labute approximate surface area is 98.6 Å². The lowest BCUT2D eigenvalue weighted by atomic mass is 10.1. The van der Waals surface area contributed by atoms with Crippen LogP contribution < -0.4 is 5.32 Å². The number of amides is 1. The van der Waals surface area contributed by atoms with Gasteiger partial charge in [0.2, 0.25) is 5.91 Å². The van der Waals surface area contributed by atoms with E-state index in [-0.39, 0.29) is 18.1 Å². The van der Waals surface area contributed by atoms with Gasteiger partial charge in [-0.25, -0.2) is 0 Å². The summed E-state index contributed by atoms with van der Waals surface area (Å²) in [5.74, 6) is 1.75. The predicted molar refractivity (Wildman–Crippen MR) is 64.9 cm³/mol. The molecule has 3 heteroatoms. The SMILES string of the molecule is CC1NC(C(C)C)N(CCCC2CC2)C1=O. The van der Waals surface area contributed by atoms with E-state index in [1.165, 1.54) is 25.7 Å². The molecule has 1 aliphatic heterocycles. The number of nitrogens with one attached hydrogen (secondary N) is 1. The molecule has 2 atom stereocenters. The third-order valence-corrected chi connectivity index (χ3v) is 3.75. The van der Waals surface area contributed by atoms with Gasteiger partial charge >= 0.3 is 0 Å². The van der Waals surface area contributed by atoms with Gasteiger partial charge in [-0.15, -0.1) is 0 Å². The van der Waals surface area contributed by atoms with Crippen LogP contribution in [0.2, 0.25) is 0 Å². The number of nitrogens with zero attached hydrogens (tertiary/aromatic N) is 1. The Morgan fingerprint density at radius 1 is 1.44 bits per heavy atom. The minimum Gasteiger partial charge on any atom is -0.326 e. The molecule has 1 saturated carbocycles. The molecule has 0 bridgehead atoms. The molecule has 1 heterocycles. The van der Waals surface area contributed by atoms with Crippen LogP contribution in [-0.2, 0) is 4.79 Å². The van der Waals surface area contributed by atoms with Crippen molar-refractivity contribution in [3.8, 4) is 0 Å². The number of carbonyl (C=O) groups is 1. The Morgan fingerprint density at radius 3 is 2.69 bits per heavy atom. The quantitative estimate of drug-likeness (QED) is 0.774. The average Bonchev–Trinajstić information content (AvgIpc) is 2.99. The molecule has 0 radical (unpaired) electrons. The van der Waals surface area contributed by atoms with Crippen molar-refractivity contribution in [2.24, 2.45) is 11.8 Å². The molecule has 0 aromatic heterocycles. The summed E-state index contributed by atoms with van der Waals surface area (Å²) in [6.45, 7) is 7.27. The van der Waals surface area contributed by atoms with Gasteiger partial charge in [-0.2, -0.15) is 0 Å². The largest absolute Gasteiger partial charge is 0.326 e. The van der Waals surface area contributed by atoms with Crippen LogP contribution in [0, 0.1) is 11.8 Å². The van der Waals surface area contributed by atoms with Crippen LogP contribution >= 0.6 is 0 Å². The van der Waals surface area contributed by atoms with Crippen molar-refractivity contribution in [1.29, 1.82) is 0 Å². The van der Waals surface area contributed by atoms with Gasteiger partial charge in [-0.3, -0.25) is 10.1 Å². The van der Waals surface area contributed by atoms with Crippen molar-refractivity contribution in [1.82, 2.24) is 10.2 Å². The Kier molecular flexibility index (Phi) is 3.53. The molecule has 92 valence electrons. The van der Waals surface area contributed by atoms with Crippen molar-refractivity contribution >= 4 is 5.91 Å². The van der Waals surface area contributed by atoms with Crippen LogP contribution in [0.4, 0.5) is 0 Å². The number of hydrogen-bond acceptors (Lipinski definition) is 2. The molecule has 2 rings (SSSR count). The van der Waals surface area contributed by atoms with Gasteiger partial charge < -0.3 is 4.90 Å². The Bertz CT molecular complexity index is 261. The van der Waals surface area contributed by atoms with Crippen LogP contribution in [0.3, 0.4) is 0 Å². The summed E-state index contributed by atoms with van der Waals surface area (Å²) < 4.78 is 0. The monoisotopic (exact) mass is 224 g/mol. The van der Waals surface area contributed by atoms with Gasteiger partial charge in [0, 0.05) is 6.54 Å². The molecule has 1 aliphatic carbocycles. The first-order chi connectivity index (χ1) is 7.59. The topological polar surface area (TPSA) is 32.3 Å². The normalized spacial score (nSPS) is 30.5. The van der Waals surface area contributed by atoms with E-state index in [4.69, 9.17) is 0 Å². The molecule has 2 unspecified atom stereocenters. The highest BCUT2D eigenvalue weighted by atomic mass is 16.2. The van der Waals surface area contributed by atoms with E-state index in [0.717, 1.165) is 12.5 Å². The van der Waals surface area contributed by atoms with E-state index in [2.05, 4.69) is 24.1 Å². The summed E-state index contributed by atoms with van der Waals surface area (Å²) >= 11 is 0. The highest BCUT2D eigenvalue weighted by Gasteiger charge is 2.37. The van der Waals surface area contributed by atoms with E-state index >= 15 is 0 Å². The van der Waals surface area contributed by atoms with Gasteiger partial charge in [0.15, 0.2) is 0 Å². The van der Waals surface area contributed by atoms with E-state index in [9.17, 15) is 4.79 Å². The molecular formula is C13H24N2O. The molecular weight excluding hydrogens is 200 g/mol. The maximum Gasteiger partial charge on any atom is 0.240 e. The fourth-order valence-electron chi connectivity index (χ4n) is 2.56. The number of rotatable bonds is 5. The first-order valence-electron chi connectivity index (χ1n) is 6.66. The highest BCUT2D eigenvalue weighted by Crippen LogP contribution is 2.33. The zero-order valence-electron chi connectivity index (χ0n) is 10.7. The maximum absolute atomic E-state index is 12.0. The Hall–Kier alpha value is -0.570. The second kappa shape index (κ2) is 4.74. The molecule has 2 aliphatic rings. The minimum absolute atomic E-state index is 0.00771. The molecule has 1 amide bonds. The summed E-state index contributed by atoms with van der Waals surface area (Å²) in [6.07, 6.45) is 5.56. The van der Waals surface area contributed by atoms with Crippen molar-refractivity contribution in [3.63, 3.8) is 0 Å². The second-order valence-electron chi connectivity index (χ2n) is 5.69. The third-order valence-electron chi connectivity index (χ3n) is 3.75. The molecule has 0 aromatic rings. The van der Waals surface area contributed by atoms with Gasteiger partial charge in [-0.1, -0.05) is 26.7 Å². The molecule has 16 heavy (non-hydrogen) atoms. The van der Waals surface area contributed by atoms with Crippen LogP contribution in [0.1, 0.15) is 46.5 Å². The lowest BCUT2D eigenvalue weighted by molar-refractivity contribution is -0.130. The zero-order chi connectivity index (χ0) is 11.7. The van der Waals surface area contributed by atoms with Gasteiger partial charge in [-0.05, 0) is 31.6 Å².